The van der Waals surface area contributed by atoms with Crippen LogP contribution in [0.4, 0.5) is 0 Å². The number of nitrogens with one attached hydrogen (secondary N) is 2. The molecule has 3 N–H and O–H groups in total. The van der Waals surface area contributed by atoms with Crippen molar-refractivity contribution in [2.24, 2.45) is 0 Å². The number of para-hydroxylation sites is 1. The van der Waals surface area contributed by atoms with E-state index in [2.05, 4.69) is 17.2 Å². The molecule has 0 bridgehead atoms. The molecule has 6 heteroatoms. The van der Waals surface area contributed by atoms with E-state index < -0.39 is 11.8 Å². The van der Waals surface area contributed by atoms with E-state index in [1.165, 1.54) is 6.08 Å². The Labute approximate surface area is 121 Å². The summed E-state index contributed by atoms with van der Waals surface area (Å²) in [5, 5.41) is 14.7. The first-order chi connectivity index (χ1) is 9.52. The van der Waals surface area contributed by atoms with E-state index in [1.54, 1.807) is 24.3 Å². The quantitative estimate of drug-likeness (QED) is 0.336. The maximum absolute atomic E-state index is 11.7. The summed E-state index contributed by atoms with van der Waals surface area (Å²) in [6.07, 6.45) is 3.48. The summed E-state index contributed by atoms with van der Waals surface area (Å²) >= 11 is 4.71. The minimum Gasteiger partial charge on any atom is -0.507 e. The molecule has 0 atom stereocenters. The Morgan fingerprint density at radius 1 is 1.25 bits per heavy atom. The van der Waals surface area contributed by atoms with E-state index in [0.717, 1.165) is 0 Å². The second-order valence-electron chi connectivity index (χ2n) is 4.14. The number of amides is 2. The molecule has 1 aliphatic heterocycles. The second-order valence-corrected chi connectivity index (χ2v) is 4.55. The number of thiocarbonyl (C=S) groups is 1. The Morgan fingerprint density at radius 3 is 2.50 bits per heavy atom. The number of aromatic hydroxyl groups is 1. The van der Waals surface area contributed by atoms with E-state index in [9.17, 15) is 14.7 Å². The van der Waals surface area contributed by atoms with Gasteiger partial charge in [0, 0.05) is 5.56 Å². The Morgan fingerprint density at radius 2 is 1.90 bits per heavy atom. The van der Waals surface area contributed by atoms with Gasteiger partial charge in [0.15, 0.2) is 5.11 Å². The molecule has 0 aromatic heterocycles. The SMILES string of the molecule is C=CCc1cccc(C=C2C(=O)NC(=S)NC2=O)c1O. The van der Waals surface area contributed by atoms with Crippen LogP contribution >= 0.6 is 12.2 Å². The number of hydrogen-bond donors (Lipinski definition) is 3. The summed E-state index contributed by atoms with van der Waals surface area (Å²) in [4.78, 5) is 23.4. The first-order valence-electron chi connectivity index (χ1n) is 5.83. The van der Waals surface area contributed by atoms with Crippen molar-refractivity contribution < 1.29 is 14.7 Å². The zero-order chi connectivity index (χ0) is 14.7. The van der Waals surface area contributed by atoms with Crippen molar-refractivity contribution in [1.29, 1.82) is 0 Å². The third-order valence-electron chi connectivity index (χ3n) is 2.76. The van der Waals surface area contributed by atoms with Crippen molar-refractivity contribution in [3.63, 3.8) is 0 Å². The van der Waals surface area contributed by atoms with Crippen molar-refractivity contribution in [3.8, 4) is 5.75 Å². The first kappa shape index (κ1) is 14.0. The van der Waals surface area contributed by atoms with Crippen molar-refractivity contribution in [2.75, 3.05) is 0 Å². The maximum atomic E-state index is 11.7. The number of carbonyl (C=O) groups excluding carboxylic acids is 2. The highest BCUT2D eigenvalue weighted by molar-refractivity contribution is 7.80. The molecule has 1 aromatic rings. The van der Waals surface area contributed by atoms with Gasteiger partial charge < -0.3 is 5.11 Å². The predicted octanol–water partition coefficient (Wildman–Crippen LogP) is 1.03. The van der Waals surface area contributed by atoms with Crippen LogP contribution in [0.3, 0.4) is 0 Å². The number of rotatable bonds is 3. The van der Waals surface area contributed by atoms with Gasteiger partial charge in [-0.25, -0.2) is 0 Å². The third-order valence-corrected chi connectivity index (χ3v) is 2.96. The van der Waals surface area contributed by atoms with Crippen LogP contribution in [0.1, 0.15) is 11.1 Å². The smallest absolute Gasteiger partial charge is 0.263 e. The summed E-state index contributed by atoms with van der Waals surface area (Å²) in [5.41, 5.74) is 0.948. The van der Waals surface area contributed by atoms with Crippen LogP contribution in [0.15, 0.2) is 36.4 Å². The van der Waals surface area contributed by atoms with Crippen LogP contribution < -0.4 is 10.6 Å². The van der Waals surface area contributed by atoms with Crippen LogP contribution in [0.2, 0.25) is 0 Å². The number of hydrogen-bond acceptors (Lipinski definition) is 4. The molecule has 1 fully saturated rings. The Hall–Kier alpha value is -2.47. The van der Waals surface area contributed by atoms with Crippen molar-refractivity contribution >= 4 is 35.2 Å². The molecule has 0 radical (unpaired) electrons. The van der Waals surface area contributed by atoms with Gasteiger partial charge in [0.25, 0.3) is 11.8 Å². The van der Waals surface area contributed by atoms with Gasteiger partial charge in [-0.3, -0.25) is 20.2 Å². The molecule has 20 heavy (non-hydrogen) atoms. The zero-order valence-corrected chi connectivity index (χ0v) is 11.3. The molecule has 1 aromatic carbocycles. The minimum atomic E-state index is -0.590. The van der Waals surface area contributed by atoms with Crippen molar-refractivity contribution in [2.45, 2.75) is 6.42 Å². The Kier molecular flexibility index (Phi) is 3.95. The lowest BCUT2D eigenvalue weighted by atomic mass is 10.0. The zero-order valence-electron chi connectivity index (χ0n) is 10.5. The summed E-state index contributed by atoms with van der Waals surface area (Å²) in [6, 6.07) is 5.09. The molecule has 0 aliphatic carbocycles. The highest BCUT2D eigenvalue weighted by Crippen LogP contribution is 2.25. The molecule has 5 nitrogen and oxygen atoms in total. The Bertz CT molecular complexity index is 628. The summed E-state index contributed by atoms with van der Waals surface area (Å²) in [6.45, 7) is 3.61. The molecule has 102 valence electrons. The van der Waals surface area contributed by atoms with E-state index in [4.69, 9.17) is 12.2 Å². The molecule has 1 aliphatic rings. The topological polar surface area (TPSA) is 78.4 Å². The fourth-order valence-electron chi connectivity index (χ4n) is 1.81. The van der Waals surface area contributed by atoms with E-state index in [1.807, 2.05) is 0 Å². The first-order valence-corrected chi connectivity index (χ1v) is 6.24. The third kappa shape index (κ3) is 2.75. The van der Waals surface area contributed by atoms with Gasteiger partial charge in [-0.1, -0.05) is 24.3 Å². The molecule has 0 unspecified atom stereocenters. The van der Waals surface area contributed by atoms with Gasteiger partial charge in [-0.2, -0.15) is 0 Å². The molecule has 1 saturated heterocycles. The van der Waals surface area contributed by atoms with Crippen LogP contribution in [-0.2, 0) is 16.0 Å². The summed E-state index contributed by atoms with van der Waals surface area (Å²) < 4.78 is 0. The van der Waals surface area contributed by atoms with Crippen molar-refractivity contribution in [1.82, 2.24) is 10.6 Å². The van der Waals surface area contributed by atoms with E-state index in [0.29, 0.717) is 17.5 Å². The molecular weight excluding hydrogens is 276 g/mol. The van der Waals surface area contributed by atoms with Crippen LogP contribution in [0.5, 0.6) is 5.75 Å². The summed E-state index contributed by atoms with van der Waals surface area (Å²) in [7, 11) is 0. The molecule has 1 heterocycles. The van der Waals surface area contributed by atoms with Gasteiger partial charge in [0.2, 0.25) is 0 Å². The normalized spacial score (nSPS) is 14.6. The number of benzene rings is 1. The second kappa shape index (κ2) is 5.66. The standard InChI is InChI=1S/C14H12N2O3S/c1-2-4-8-5-3-6-9(11(8)17)7-10-12(18)15-14(20)16-13(10)19/h2-3,5-7,17H,1,4H2,(H2,15,16,18,19,20). The average Bonchev–Trinajstić information content (AvgIpc) is 2.38. The molecule has 0 spiro atoms. The highest BCUT2D eigenvalue weighted by Gasteiger charge is 2.26. The number of phenols is 1. The van der Waals surface area contributed by atoms with Gasteiger partial charge >= 0.3 is 0 Å². The minimum absolute atomic E-state index is 0.0219. The lowest BCUT2D eigenvalue weighted by Gasteiger charge is -2.16. The maximum Gasteiger partial charge on any atom is 0.263 e. The lowest BCUT2D eigenvalue weighted by Crippen LogP contribution is -2.51. The van der Waals surface area contributed by atoms with Crippen LogP contribution in [0, 0.1) is 0 Å². The molecular formula is C14H12N2O3S. The van der Waals surface area contributed by atoms with Gasteiger partial charge in [-0.05, 0) is 30.3 Å². The number of allylic oxidation sites excluding steroid dienone is 1. The highest BCUT2D eigenvalue weighted by atomic mass is 32.1. The largest absolute Gasteiger partial charge is 0.507 e. The predicted molar refractivity (Wildman–Crippen MR) is 78.9 cm³/mol. The molecule has 2 amide bonds. The Balaban J connectivity index is 2.42. The fraction of sp³-hybridized carbons (Fsp3) is 0.0714. The van der Waals surface area contributed by atoms with Gasteiger partial charge in [0.05, 0.1) is 0 Å². The monoisotopic (exact) mass is 288 g/mol. The van der Waals surface area contributed by atoms with Gasteiger partial charge in [0.1, 0.15) is 11.3 Å². The van der Waals surface area contributed by atoms with Crippen LogP contribution in [0.25, 0.3) is 6.08 Å². The number of phenolic OH excluding ortho intramolecular Hbond substituents is 1. The average molecular weight is 288 g/mol. The van der Waals surface area contributed by atoms with Gasteiger partial charge in [-0.15, -0.1) is 6.58 Å². The van der Waals surface area contributed by atoms with E-state index in [-0.39, 0.29) is 16.4 Å². The molecule has 2 rings (SSSR count). The lowest BCUT2D eigenvalue weighted by molar-refractivity contribution is -0.123. The molecule has 0 saturated carbocycles. The number of carbonyl (C=O) groups is 2. The fourth-order valence-corrected chi connectivity index (χ4v) is 2.00. The van der Waals surface area contributed by atoms with Crippen molar-refractivity contribution in [3.05, 3.63) is 47.6 Å². The van der Waals surface area contributed by atoms with Crippen LogP contribution in [-0.4, -0.2) is 22.0 Å². The summed E-state index contributed by atoms with van der Waals surface area (Å²) in [5.74, 6) is -1.16. The van der Waals surface area contributed by atoms with E-state index >= 15 is 0 Å².